The number of allylic oxidation sites excluding steroid dienone is 2. The van der Waals surface area contributed by atoms with Crippen molar-refractivity contribution in [2.24, 2.45) is 11.0 Å². The summed E-state index contributed by atoms with van der Waals surface area (Å²) in [5, 5.41) is 6.21. The van der Waals surface area contributed by atoms with Gasteiger partial charge in [0.05, 0.1) is 17.1 Å². The lowest BCUT2D eigenvalue weighted by Crippen LogP contribution is -2.50. The minimum absolute atomic E-state index is 0.169. The second-order valence-corrected chi connectivity index (χ2v) is 12.5. The Bertz CT molecular complexity index is 1260. The number of fused-ring (bicyclic) bond motifs is 3. The molecule has 4 unspecified atom stereocenters. The highest BCUT2D eigenvalue weighted by Crippen LogP contribution is 2.41. The molecule has 1 aromatic heterocycles. The van der Waals surface area contributed by atoms with Crippen LogP contribution in [0.25, 0.3) is 0 Å². The fourth-order valence-corrected chi connectivity index (χ4v) is 6.42. The normalized spacial score (nSPS) is 28.7. The zero-order valence-electron chi connectivity index (χ0n) is 20.8. The fraction of sp³-hybridized carbons (Fsp3) is 0.542. The Hall–Kier alpha value is -2.47. The number of hydrogen-bond acceptors (Lipinski definition) is 8. The molecule has 2 amide bonds. The number of amides is 2. The third-order valence-corrected chi connectivity index (χ3v) is 8.45. The number of aromatic nitrogens is 1. The molecule has 4 heterocycles. The van der Waals surface area contributed by atoms with Crippen molar-refractivity contribution >= 4 is 39.6 Å². The van der Waals surface area contributed by atoms with E-state index in [2.05, 4.69) is 29.9 Å². The molecule has 194 valence electrons. The van der Waals surface area contributed by atoms with Crippen molar-refractivity contribution in [2.45, 2.75) is 45.2 Å². The highest BCUT2D eigenvalue weighted by molar-refractivity contribution is 7.94. The maximum Gasteiger partial charge on any atom is 0.348 e. The molecule has 0 aromatic carbocycles. The average molecular weight is 535 g/mol. The molecule has 0 bridgehead atoms. The Morgan fingerprint density at radius 3 is 2.61 bits per heavy atom. The second kappa shape index (κ2) is 9.44. The Balaban J connectivity index is 1.43. The Labute approximate surface area is 216 Å². The molecular weight excluding hydrogens is 504 g/mol. The summed E-state index contributed by atoms with van der Waals surface area (Å²) in [5.74, 6) is 0.334. The molecule has 3 aliphatic heterocycles. The number of ether oxygens (including phenoxy) is 1. The topological polar surface area (TPSA) is 98.7 Å². The summed E-state index contributed by atoms with van der Waals surface area (Å²) in [5.41, 5.74) is 1.95. The number of carbonyl (C=O) groups is 1. The highest BCUT2D eigenvalue weighted by Gasteiger charge is 2.44. The van der Waals surface area contributed by atoms with Crippen molar-refractivity contribution in [2.75, 3.05) is 37.8 Å². The molecule has 4 atom stereocenters. The Kier molecular flexibility index (Phi) is 6.61. The maximum absolute atomic E-state index is 13.5. The second-order valence-electron chi connectivity index (χ2n) is 10.1. The standard InChI is InChI=1S/C24H31ClN6O4S/c1-15-10-29(11-16(2)35-15)12-17-7-20-22(26-9-17)30(24(32)31-23(20)28(3)14-27-31)13-18-5-6-19(8-21(18)25)36(4,33)34/h6-9,14-16,18,23H,5,10-13H2,1-4H3. The first-order valence-corrected chi connectivity index (χ1v) is 14.3. The number of urea groups is 1. The predicted octanol–water partition coefficient (Wildman–Crippen LogP) is 2.89. The first-order valence-electron chi connectivity index (χ1n) is 12.0. The smallest absolute Gasteiger partial charge is 0.348 e. The van der Waals surface area contributed by atoms with Crippen LogP contribution in [-0.4, -0.2) is 85.7 Å². The predicted molar refractivity (Wildman–Crippen MR) is 138 cm³/mol. The van der Waals surface area contributed by atoms with Crippen LogP contribution >= 0.6 is 11.6 Å². The number of nitrogens with zero attached hydrogens (tertiary/aromatic N) is 6. The van der Waals surface area contributed by atoms with E-state index in [1.165, 1.54) is 11.1 Å². The van der Waals surface area contributed by atoms with E-state index in [0.29, 0.717) is 17.3 Å². The first kappa shape index (κ1) is 25.2. The average Bonchev–Trinajstić information content (AvgIpc) is 3.18. The number of anilines is 1. The monoisotopic (exact) mass is 534 g/mol. The number of sulfone groups is 1. The molecule has 4 aliphatic rings. The van der Waals surface area contributed by atoms with Crippen LogP contribution in [0.15, 0.2) is 39.5 Å². The van der Waals surface area contributed by atoms with Gasteiger partial charge in [0, 0.05) is 62.2 Å². The van der Waals surface area contributed by atoms with Gasteiger partial charge in [0.15, 0.2) is 16.0 Å². The van der Waals surface area contributed by atoms with Crippen molar-refractivity contribution in [1.82, 2.24) is 19.8 Å². The van der Waals surface area contributed by atoms with Crippen molar-refractivity contribution < 1.29 is 17.9 Å². The van der Waals surface area contributed by atoms with Crippen LogP contribution in [0.3, 0.4) is 0 Å². The summed E-state index contributed by atoms with van der Waals surface area (Å²) in [6, 6.07) is 1.82. The zero-order valence-corrected chi connectivity index (χ0v) is 22.4. The van der Waals surface area contributed by atoms with Crippen LogP contribution in [0.4, 0.5) is 10.6 Å². The van der Waals surface area contributed by atoms with Crippen LogP contribution in [0.5, 0.6) is 0 Å². The molecule has 10 nitrogen and oxygen atoms in total. The van der Waals surface area contributed by atoms with Gasteiger partial charge in [-0.3, -0.25) is 9.80 Å². The molecule has 12 heteroatoms. The minimum Gasteiger partial charge on any atom is -0.373 e. The number of rotatable bonds is 5. The molecule has 36 heavy (non-hydrogen) atoms. The van der Waals surface area contributed by atoms with Crippen molar-refractivity contribution in [3.8, 4) is 0 Å². The van der Waals surface area contributed by atoms with Gasteiger partial charge in [-0.15, -0.1) is 0 Å². The third kappa shape index (κ3) is 4.77. The van der Waals surface area contributed by atoms with Crippen molar-refractivity contribution in [1.29, 1.82) is 0 Å². The van der Waals surface area contributed by atoms with Crippen molar-refractivity contribution in [3.63, 3.8) is 0 Å². The van der Waals surface area contributed by atoms with Crippen molar-refractivity contribution in [3.05, 3.63) is 45.5 Å². The summed E-state index contributed by atoms with van der Waals surface area (Å²) in [6.45, 7) is 6.86. The molecular formula is C24H31ClN6O4S. The van der Waals surface area contributed by atoms with Gasteiger partial charge < -0.3 is 9.64 Å². The zero-order chi connectivity index (χ0) is 25.8. The molecule has 1 aliphatic carbocycles. The van der Waals surface area contributed by atoms with Crippen LogP contribution in [-0.2, 0) is 21.1 Å². The number of hydrazone groups is 1. The van der Waals surface area contributed by atoms with E-state index in [9.17, 15) is 13.2 Å². The van der Waals surface area contributed by atoms with Crippen LogP contribution < -0.4 is 4.90 Å². The van der Waals surface area contributed by atoms with Crippen LogP contribution in [0.1, 0.15) is 37.6 Å². The summed E-state index contributed by atoms with van der Waals surface area (Å²) in [7, 11) is -1.47. The van der Waals surface area contributed by atoms with E-state index in [4.69, 9.17) is 21.3 Å². The van der Waals surface area contributed by atoms with Gasteiger partial charge in [-0.1, -0.05) is 17.7 Å². The van der Waals surface area contributed by atoms with Gasteiger partial charge in [0.25, 0.3) is 0 Å². The van der Waals surface area contributed by atoms with Gasteiger partial charge in [0.1, 0.15) is 12.2 Å². The van der Waals surface area contributed by atoms with E-state index < -0.39 is 9.84 Å². The quantitative estimate of drug-likeness (QED) is 0.572. The summed E-state index contributed by atoms with van der Waals surface area (Å²) >= 11 is 6.50. The van der Waals surface area contributed by atoms with Gasteiger partial charge in [0.2, 0.25) is 0 Å². The lowest BCUT2D eigenvalue weighted by molar-refractivity contribution is -0.0705. The summed E-state index contributed by atoms with van der Waals surface area (Å²) < 4.78 is 29.7. The molecule has 1 fully saturated rings. The van der Waals surface area contributed by atoms with E-state index >= 15 is 0 Å². The Morgan fingerprint density at radius 1 is 1.22 bits per heavy atom. The lowest BCUT2D eigenvalue weighted by Gasteiger charge is -2.40. The molecule has 1 saturated heterocycles. The lowest BCUT2D eigenvalue weighted by atomic mass is 9.98. The third-order valence-electron chi connectivity index (χ3n) is 6.89. The largest absolute Gasteiger partial charge is 0.373 e. The number of morpholine rings is 1. The molecule has 1 aromatic rings. The molecule has 0 radical (unpaired) electrons. The van der Waals surface area contributed by atoms with Crippen LogP contribution in [0.2, 0.25) is 0 Å². The van der Waals surface area contributed by atoms with E-state index in [1.54, 1.807) is 17.3 Å². The fourth-order valence-electron chi connectivity index (χ4n) is 5.34. The van der Waals surface area contributed by atoms with Gasteiger partial charge in [-0.05, 0) is 38.0 Å². The summed E-state index contributed by atoms with van der Waals surface area (Å²) in [6.07, 6.45) is 8.15. The van der Waals surface area contributed by atoms with Gasteiger partial charge in [-0.25, -0.2) is 18.2 Å². The number of halogens is 1. The maximum atomic E-state index is 13.5. The van der Waals surface area contributed by atoms with Gasteiger partial charge >= 0.3 is 6.03 Å². The van der Waals surface area contributed by atoms with Gasteiger partial charge in [-0.2, -0.15) is 10.1 Å². The van der Waals surface area contributed by atoms with E-state index in [0.717, 1.165) is 37.0 Å². The first-order chi connectivity index (χ1) is 17.0. The van der Waals surface area contributed by atoms with Crippen LogP contribution in [0, 0.1) is 5.92 Å². The SMILES string of the molecule is CC1CN(Cc2cnc3c(c2)C2N(C)C=NN2C(=O)N3CC2CC=C(S(C)(=O)=O)C=C2Cl)CC(C)O1. The number of carbonyl (C=O) groups excluding carboxylic acids is 1. The van der Waals surface area contributed by atoms with E-state index in [1.807, 2.05) is 18.1 Å². The summed E-state index contributed by atoms with van der Waals surface area (Å²) in [4.78, 5) is 24.3. The molecule has 0 spiro atoms. The molecule has 5 rings (SSSR count). The van der Waals surface area contributed by atoms with E-state index in [-0.39, 0.29) is 41.8 Å². The minimum atomic E-state index is -3.35. The Morgan fingerprint density at radius 2 is 1.94 bits per heavy atom. The molecule has 0 saturated carbocycles. The molecule has 0 N–H and O–H groups in total. The number of pyridine rings is 1. The number of hydrogen-bond donors (Lipinski definition) is 0. The highest BCUT2D eigenvalue weighted by atomic mass is 35.5.